The zero-order valence-corrected chi connectivity index (χ0v) is 39.2. The van der Waals surface area contributed by atoms with E-state index in [2.05, 4.69) is 161 Å². The number of benzene rings is 2. The minimum absolute atomic E-state index is 0.0322. The van der Waals surface area contributed by atoms with E-state index in [9.17, 15) is 0 Å². The number of piperidine rings is 1. The molecule has 2 aromatic rings. The van der Waals surface area contributed by atoms with Gasteiger partial charge in [-0.2, -0.15) is 0 Å². The van der Waals surface area contributed by atoms with Gasteiger partial charge in [-0.05, 0) is 24.2 Å². The molecule has 0 amide bonds. The van der Waals surface area contributed by atoms with Crippen LogP contribution in [0.2, 0.25) is 0 Å². The molecule has 2 nitrogen and oxygen atoms in total. The van der Waals surface area contributed by atoms with E-state index in [1.54, 1.807) is 11.1 Å². The first-order valence-electron chi connectivity index (χ1n) is 21.6. The molecule has 10 atom stereocenters. The van der Waals surface area contributed by atoms with Gasteiger partial charge in [-0.25, -0.2) is 0 Å². The molecule has 295 valence electrons. The Morgan fingerprint density at radius 2 is 1.63 bits per heavy atom. The number of aryl methyl sites for hydroxylation is 1. The van der Waals surface area contributed by atoms with Crippen LogP contribution in [0.3, 0.4) is 0 Å². The summed E-state index contributed by atoms with van der Waals surface area (Å²) in [6, 6.07) is 15.7. The molecule has 3 heterocycles. The van der Waals surface area contributed by atoms with Crippen molar-refractivity contribution < 1.29 is 20.6 Å². The minimum atomic E-state index is -0.244. The third-order valence-electron chi connectivity index (χ3n) is 18.9. The van der Waals surface area contributed by atoms with E-state index in [-0.39, 0.29) is 37.9 Å². The predicted octanol–water partition coefficient (Wildman–Crippen LogP) is 12.2. The van der Waals surface area contributed by atoms with Crippen LogP contribution in [0.4, 0.5) is 5.69 Å². The van der Waals surface area contributed by atoms with Gasteiger partial charge >= 0.3 is 274 Å². The average Bonchev–Trinajstić information content (AvgIpc) is 3.71. The quantitative estimate of drug-likeness (QED) is 0.184. The predicted molar refractivity (Wildman–Crippen MR) is 230 cm³/mol. The van der Waals surface area contributed by atoms with Crippen LogP contribution in [-0.4, -0.2) is 41.3 Å². The van der Waals surface area contributed by atoms with Crippen molar-refractivity contribution in [3.8, 4) is 0 Å². The summed E-state index contributed by atoms with van der Waals surface area (Å²) in [5.74, 6) is 2.34. The molecule has 2 saturated heterocycles. The summed E-state index contributed by atoms with van der Waals surface area (Å²) in [6.45, 7) is 47.9. The summed E-state index contributed by atoms with van der Waals surface area (Å²) >= 11 is 1.82. The topological polar surface area (TPSA) is 6.48 Å². The number of anilines is 1. The standard InChI is InChI=1S/C51H74N2.Nb/c1-19-36-38-24-22-21-23-37(38)33(5)42(36)49(17,30-46(11,12)48(15,16)45(8,9)10)39-28-40-41(27-31(39)3)52(18)43-47(13,14)35(7)50(20-2)34(6)32(4)29-53-26-25-51(40,43)44(50)53;/h8,21-24,27-28,32-35,43-44H,1,11,19-20,25-26,29-30H2,2-7,9-10,12-18H3;/q-2;. The van der Waals surface area contributed by atoms with E-state index in [0.29, 0.717) is 35.8 Å². The first-order valence-corrected chi connectivity index (χ1v) is 22.8. The van der Waals surface area contributed by atoms with Crippen LogP contribution in [-0.2, 0) is 31.4 Å². The number of hydrogen-bond acceptors (Lipinski definition) is 2. The van der Waals surface area contributed by atoms with Crippen molar-refractivity contribution in [2.45, 2.75) is 151 Å². The number of likely N-dealkylation sites (N-methyl/N-ethyl adjacent to an activating group) is 1. The van der Waals surface area contributed by atoms with E-state index in [1.807, 2.05) is 20.6 Å². The molecule has 1 saturated carbocycles. The number of rotatable bonds is 9. The van der Waals surface area contributed by atoms with Crippen molar-refractivity contribution in [2.24, 2.45) is 44.8 Å². The van der Waals surface area contributed by atoms with Gasteiger partial charge in [-0.15, -0.1) is 0 Å². The Morgan fingerprint density at radius 3 is 2.24 bits per heavy atom. The zero-order valence-electron chi connectivity index (χ0n) is 37.0. The molecule has 0 N–H and O–H groups in total. The van der Waals surface area contributed by atoms with Crippen LogP contribution in [0.25, 0.3) is 5.57 Å². The summed E-state index contributed by atoms with van der Waals surface area (Å²) in [5.41, 5.74) is 12.1. The number of nitrogens with zero attached hydrogens (tertiary/aromatic N) is 2. The van der Waals surface area contributed by atoms with Gasteiger partial charge in [0, 0.05) is 6.54 Å². The van der Waals surface area contributed by atoms with Crippen molar-refractivity contribution in [3.05, 3.63) is 83.6 Å². The molecular formula is C51H74N2Nb-2. The van der Waals surface area contributed by atoms with Gasteiger partial charge in [0.15, 0.2) is 0 Å². The molecule has 7 rings (SSSR count). The number of allylic oxidation sites excluding steroid dienone is 2. The molecule has 1 spiro atoms. The SMILES string of the molecule is [CH2-]CC1=C(C(C)(CC([CH2-])(C)C(C)(C)C(C)(C)[CH]=[Nb])c2cc3c(cc2C)N(C)C2C(C)(C)C(C)C4(CC)C(C)C(C)CN5CCC32C54)C(C)c2ccccc21. The van der Waals surface area contributed by atoms with Gasteiger partial charge in [0.2, 0.25) is 0 Å². The van der Waals surface area contributed by atoms with Crippen LogP contribution in [0.5, 0.6) is 0 Å². The van der Waals surface area contributed by atoms with Crippen LogP contribution in [0.1, 0.15) is 149 Å². The Morgan fingerprint density at radius 1 is 0.981 bits per heavy atom. The van der Waals surface area contributed by atoms with E-state index in [0.717, 1.165) is 12.8 Å². The first-order chi connectivity index (χ1) is 25.0. The average molecular weight is 808 g/mol. The van der Waals surface area contributed by atoms with Crippen molar-refractivity contribution in [1.29, 1.82) is 0 Å². The van der Waals surface area contributed by atoms with Crippen molar-refractivity contribution in [1.82, 2.24) is 4.90 Å². The Hall–Kier alpha value is -1.45. The van der Waals surface area contributed by atoms with Crippen molar-refractivity contribution in [3.63, 3.8) is 0 Å². The molecule has 2 aromatic carbocycles. The van der Waals surface area contributed by atoms with Crippen LogP contribution in [0.15, 0.2) is 42.0 Å². The second-order valence-corrected chi connectivity index (χ2v) is 22.3. The van der Waals surface area contributed by atoms with Crippen molar-refractivity contribution in [2.75, 3.05) is 25.0 Å². The molecule has 10 unspecified atom stereocenters. The van der Waals surface area contributed by atoms with Gasteiger partial charge in [0.1, 0.15) is 0 Å². The first kappa shape index (κ1) is 40.7. The summed E-state index contributed by atoms with van der Waals surface area (Å²) in [6.07, 6.45) is 4.29. The molecule has 3 aliphatic heterocycles. The van der Waals surface area contributed by atoms with Crippen LogP contribution in [0, 0.1) is 65.6 Å². The van der Waals surface area contributed by atoms with E-state index < -0.39 is 0 Å². The molecule has 54 heavy (non-hydrogen) atoms. The molecule has 0 bridgehead atoms. The molecule has 3 heteroatoms. The summed E-state index contributed by atoms with van der Waals surface area (Å²) in [4.78, 5) is 5.80. The van der Waals surface area contributed by atoms with Gasteiger partial charge in [-0.1, -0.05) is 41.5 Å². The van der Waals surface area contributed by atoms with E-state index in [4.69, 9.17) is 6.92 Å². The molecule has 3 fully saturated rings. The fourth-order valence-electron chi connectivity index (χ4n) is 15.0. The molecule has 0 radical (unpaired) electrons. The Kier molecular flexibility index (Phi) is 9.64. The van der Waals surface area contributed by atoms with Gasteiger partial charge in [0.05, 0.1) is 0 Å². The van der Waals surface area contributed by atoms with Gasteiger partial charge < -0.3 is 0 Å². The summed E-state index contributed by atoms with van der Waals surface area (Å²) < 4.78 is 2.47. The monoisotopic (exact) mass is 807 g/mol. The fraction of sp³-hybridized carbons (Fsp3) is 0.667. The normalized spacial score (nSPS) is 35.2. The third-order valence-corrected chi connectivity index (χ3v) is 20.5. The second kappa shape index (κ2) is 12.8. The van der Waals surface area contributed by atoms with Crippen molar-refractivity contribution >= 4 is 15.5 Å². The maximum atomic E-state index is 5.23. The number of hydrogen-bond donors (Lipinski definition) is 0. The fourth-order valence-corrected chi connectivity index (χ4v) is 15.8. The summed E-state index contributed by atoms with van der Waals surface area (Å²) in [5, 5.41) is 0. The Labute approximate surface area is 344 Å². The number of fused-ring (bicyclic) bond motifs is 2. The van der Waals surface area contributed by atoms with Gasteiger partial charge in [-0.3, -0.25) is 0 Å². The third kappa shape index (κ3) is 4.88. The molecular weight excluding hydrogens is 733 g/mol. The Bertz CT molecular complexity index is 1880. The second-order valence-electron chi connectivity index (χ2n) is 21.7. The van der Waals surface area contributed by atoms with E-state index in [1.165, 1.54) is 59.4 Å². The van der Waals surface area contributed by atoms with E-state index >= 15 is 0 Å². The van der Waals surface area contributed by atoms with Crippen LogP contribution >= 0.6 is 0 Å². The zero-order chi connectivity index (χ0) is 39.9. The van der Waals surface area contributed by atoms with Crippen LogP contribution < -0.4 is 4.90 Å². The maximum absolute atomic E-state index is 5.23. The molecule has 2 aliphatic carbocycles. The van der Waals surface area contributed by atoms with Gasteiger partial charge in [0.25, 0.3) is 0 Å². The summed E-state index contributed by atoms with van der Waals surface area (Å²) in [7, 11) is 2.46. The Balaban J connectivity index is 1.53. The molecule has 0 aromatic heterocycles. The molecule has 5 aliphatic rings.